The molecule has 0 bridgehead atoms. The Morgan fingerprint density at radius 2 is 2.17 bits per heavy atom. The van der Waals surface area contributed by atoms with Crippen LogP contribution in [0.3, 0.4) is 0 Å². The first kappa shape index (κ1) is 9.56. The Balaban J connectivity index is 2.61. The van der Waals surface area contributed by atoms with Crippen LogP contribution in [-0.2, 0) is 0 Å². The van der Waals surface area contributed by atoms with Gasteiger partial charge in [0, 0.05) is 18.0 Å². The highest BCUT2D eigenvalue weighted by molar-refractivity contribution is 5.87. The topological polar surface area (TPSA) is 24.4 Å². The summed E-state index contributed by atoms with van der Waals surface area (Å²) in [6.07, 6.45) is 2.39. The Labute approximate surface area is 75.5 Å². The van der Waals surface area contributed by atoms with E-state index in [0.29, 0.717) is 6.04 Å². The molecule has 1 N–H and O–H groups in total. The normalized spacial score (nSPS) is 24.7. The molecule has 1 unspecified atom stereocenters. The van der Waals surface area contributed by atoms with Gasteiger partial charge in [0.15, 0.2) is 0 Å². The van der Waals surface area contributed by atoms with Crippen molar-refractivity contribution in [3.8, 4) is 0 Å². The molecule has 0 spiro atoms. The molecule has 1 heterocycles. The maximum atomic E-state index is 4.50. The minimum atomic E-state index is 0.188. The van der Waals surface area contributed by atoms with Crippen LogP contribution in [0.1, 0.15) is 40.5 Å². The monoisotopic (exact) mass is 168 g/mol. The zero-order valence-electron chi connectivity index (χ0n) is 8.65. The fourth-order valence-electron chi connectivity index (χ4n) is 1.40. The summed E-state index contributed by atoms with van der Waals surface area (Å²) in [7, 11) is 0. The van der Waals surface area contributed by atoms with Gasteiger partial charge in [-0.15, -0.1) is 0 Å². The lowest BCUT2D eigenvalue weighted by atomic mass is 9.92. The van der Waals surface area contributed by atoms with Gasteiger partial charge in [0.2, 0.25) is 0 Å². The maximum absolute atomic E-state index is 4.50. The van der Waals surface area contributed by atoms with Crippen molar-refractivity contribution in [3.05, 3.63) is 0 Å². The molecule has 0 aliphatic carbocycles. The summed E-state index contributed by atoms with van der Waals surface area (Å²) in [6.45, 7) is 9.84. The van der Waals surface area contributed by atoms with Crippen molar-refractivity contribution >= 4 is 5.84 Å². The molecular weight excluding hydrogens is 148 g/mol. The second-order valence-electron chi connectivity index (χ2n) is 4.52. The van der Waals surface area contributed by atoms with Gasteiger partial charge in [0.25, 0.3) is 0 Å². The SMILES string of the molecule is CCC1CCN=C(C(C)(C)C)N1. The molecule has 1 rings (SSSR count). The standard InChI is InChI=1S/C10H20N2/c1-5-8-6-7-11-9(12-8)10(2,3)4/h8H,5-7H2,1-4H3,(H,11,12). The molecule has 1 aliphatic rings. The van der Waals surface area contributed by atoms with E-state index in [2.05, 4.69) is 38.0 Å². The minimum Gasteiger partial charge on any atom is -0.371 e. The molecule has 0 aromatic carbocycles. The number of amidine groups is 1. The Morgan fingerprint density at radius 3 is 2.67 bits per heavy atom. The lowest BCUT2D eigenvalue weighted by Gasteiger charge is -2.30. The zero-order valence-corrected chi connectivity index (χ0v) is 8.65. The predicted octanol–water partition coefficient (Wildman–Crippen LogP) is 2.20. The van der Waals surface area contributed by atoms with Gasteiger partial charge >= 0.3 is 0 Å². The number of rotatable bonds is 1. The quantitative estimate of drug-likeness (QED) is 0.637. The fraction of sp³-hybridized carbons (Fsp3) is 0.900. The molecule has 0 aromatic rings. The first-order valence-corrected chi connectivity index (χ1v) is 4.85. The highest BCUT2D eigenvalue weighted by Crippen LogP contribution is 2.18. The molecule has 0 amide bonds. The molecule has 0 saturated heterocycles. The van der Waals surface area contributed by atoms with Gasteiger partial charge < -0.3 is 5.32 Å². The van der Waals surface area contributed by atoms with E-state index in [-0.39, 0.29) is 5.41 Å². The van der Waals surface area contributed by atoms with Gasteiger partial charge in [-0.25, -0.2) is 0 Å². The van der Waals surface area contributed by atoms with Crippen LogP contribution in [0, 0.1) is 5.41 Å². The minimum absolute atomic E-state index is 0.188. The Bertz CT molecular complexity index is 177. The molecule has 1 atom stereocenters. The van der Waals surface area contributed by atoms with Gasteiger partial charge in [-0.3, -0.25) is 4.99 Å². The van der Waals surface area contributed by atoms with Crippen molar-refractivity contribution in [2.45, 2.75) is 46.6 Å². The van der Waals surface area contributed by atoms with Gasteiger partial charge in [-0.05, 0) is 12.8 Å². The van der Waals surface area contributed by atoms with Crippen molar-refractivity contribution in [2.24, 2.45) is 10.4 Å². The van der Waals surface area contributed by atoms with Crippen LogP contribution in [-0.4, -0.2) is 18.4 Å². The van der Waals surface area contributed by atoms with E-state index in [0.717, 1.165) is 6.54 Å². The molecule has 0 fully saturated rings. The molecule has 2 heteroatoms. The highest BCUT2D eigenvalue weighted by atomic mass is 15.1. The fourth-order valence-corrected chi connectivity index (χ4v) is 1.40. The molecule has 0 saturated carbocycles. The summed E-state index contributed by atoms with van der Waals surface area (Å²) in [6, 6.07) is 0.650. The molecule has 2 nitrogen and oxygen atoms in total. The van der Waals surface area contributed by atoms with Crippen LogP contribution >= 0.6 is 0 Å². The summed E-state index contributed by atoms with van der Waals surface area (Å²) in [5.41, 5.74) is 0.188. The van der Waals surface area contributed by atoms with Crippen molar-refractivity contribution in [2.75, 3.05) is 6.54 Å². The largest absolute Gasteiger partial charge is 0.371 e. The van der Waals surface area contributed by atoms with Crippen LogP contribution in [0.5, 0.6) is 0 Å². The second-order valence-corrected chi connectivity index (χ2v) is 4.52. The van der Waals surface area contributed by atoms with E-state index in [1.165, 1.54) is 18.7 Å². The predicted molar refractivity (Wildman–Crippen MR) is 53.6 cm³/mol. The summed E-state index contributed by atoms with van der Waals surface area (Å²) in [5.74, 6) is 1.18. The van der Waals surface area contributed by atoms with E-state index in [9.17, 15) is 0 Å². The third kappa shape index (κ3) is 2.23. The molecule has 12 heavy (non-hydrogen) atoms. The lowest BCUT2D eigenvalue weighted by Crippen LogP contribution is -2.44. The molecule has 0 aromatic heterocycles. The van der Waals surface area contributed by atoms with E-state index >= 15 is 0 Å². The third-order valence-electron chi connectivity index (χ3n) is 2.29. The first-order valence-electron chi connectivity index (χ1n) is 4.85. The zero-order chi connectivity index (χ0) is 9.19. The number of hydrogen-bond acceptors (Lipinski definition) is 2. The maximum Gasteiger partial charge on any atom is 0.102 e. The molecular formula is C10H20N2. The number of hydrogen-bond donors (Lipinski definition) is 1. The second kappa shape index (κ2) is 3.46. The lowest BCUT2D eigenvalue weighted by molar-refractivity contribution is 0.472. The summed E-state index contributed by atoms with van der Waals surface area (Å²) >= 11 is 0. The third-order valence-corrected chi connectivity index (χ3v) is 2.29. The average molecular weight is 168 g/mol. The Morgan fingerprint density at radius 1 is 1.50 bits per heavy atom. The van der Waals surface area contributed by atoms with Crippen LogP contribution in [0.25, 0.3) is 0 Å². The molecule has 1 aliphatic heterocycles. The van der Waals surface area contributed by atoms with Crippen molar-refractivity contribution < 1.29 is 0 Å². The Hall–Kier alpha value is -0.530. The van der Waals surface area contributed by atoms with Crippen LogP contribution in [0.4, 0.5) is 0 Å². The van der Waals surface area contributed by atoms with Crippen LogP contribution in [0.15, 0.2) is 4.99 Å². The summed E-state index contributed by atoms with van der Waals surface area (Å²) in [5, 5.41) is 3.49. The van der Waals surface area contributed by atoms with E-state index in [1.54, 1.807) is 0 Å². The smallest absolute Gasteiger partial charge is 0.102 e. The average Bonchev–Trinajstić information content (AvgIpc) is 2.03. The molecule has 0 radical (unpaired) electrons. The van der Waals surface area contributed by atoms with Gasteiger partial charge in [0.05, 0.1) is 0 Å². The highest BCUT2D eigenvalue weighted by Gasteiger charge is 2.23. The van der Waals surface area contributed by atoms with Gasteiger partial charge in [0.1, 0.15) is 5.84 Å². The van der Waals surface area contributed by atoms with E-state index in [1.807, 2.05) is 0 Å². The van der Waals surface area contributed by atoms with Crippen LogP contribution < -0.4 is 5.32 Å². The van der Waals surface area contributed by atoms with Crippen molar-refractivity contribution in [3.63, 3.8) is 0 Å². The first-order chi connectivity index (χ1) is 5.54. The van der Waals surface area contributed by atoms with Crippen LogP contribution in [0.2, 0.25) is 0 Å². The summed E-state index contributed by atoms with van der Waals surface area (Å²) in [4.78, 5) is 4.50. The van der Waals surface area contributed by atoms with Gasteiger partial charge in [-0.2, -0.15) is 0 Å². The Kier molecular flexibility index (Phi) is 2.76. The van der Waals surface area contributed by atoms with E-state index in [4.69, 9.17) is 0 Å². The van der Waals surface area contributed by atoms with Crippen molar-refractivity contribution in [1.82, 2.24) is 5.32 Å². The number of nitrogens with one attached hydrogen (secondary N) is 1. The van der Waals surface area contributed by atoms with Crippen molar-refractivity contribution in [1.29, 1.82) is 0 Å². The number of nitrogens with zero attached hydrogens (tertiary/aromatic N) is 1. The van der Waals surface area contributed by atoms with E-state index < -0.39 is 0 Å². The molecule has 70 valence electrons. The summed E-state index contributed by atoms with van der Waals surface area (Å²) < 4.78 is 0. The van der Waals surface area contributed by atoms with Gasteiger partial charge in [-0.1, -0.05) is 27.7 Å². The number of aliphatic imine (C=N–C) groups is 1.